The van der Waals surface area contributed by atoms with Gasteiger partial charge < -0.3 is 24.8 Å². The molecule has 0 bridgehead atoms. The van der Waals surface area contributed by atoms with E-state index in [0.29, 0.717) is 99.0 Å². The lowest BCUT2D eigenvalue weighted by Crippen LogP contribution is -2.53. The Morgan fingerprint density at radius 1 is 0.848 bits per heavy atom. The lowest BCUT2D eigenvalue weighted by Gasteiger charge is -2.36. The van der Waals surface area contributed by atoms with Crippen molar-refractivity contribution >= 4 is 63.6 Å². The highest BCUT2D eigenvalue weighted by atomic mass is 35.5. The van der Waals surface area contributed by atoms with Gasteiger partial charge >= 0.3 is 0 Å². The van der Waals surface area contributed by atoms with Crippen LogP contribution in [0.15, 0.2) is 42.5 Å². The van der Waals surface area contributed by atoms with E-state index >= 15 is 0 Å². The maximum absolute atomic E-state index is 14.2. The first-order valence-electron chi connectivity index (χ1n) is 14.9. The fraction of sp³-hybridized carbons (Fsp3) is 0.400. The van der Waals surface area contributed by atoms with Gasteiger partial charge in [-0.2, -0.15) is 15.0 Å². The summed E-state index contributed by atoms with van der Waals surface area (Å²) in [6, 6.07) is 11.6. The number of imidazole rings is 1. The van der Waals surface area contributed by atoms with E-state index in [4.69, 9.17) is 32.9 Å². The minimum Gasteiger partial charge on any atom is -0.378 e. The molecule has 4 aromatic rings. The Morgan fingerprint density at radius 2 is 1.50 bits per heavy atom. The molecule has 3 aliphatic rings. The molecule has 2 aromatic carbocycles. The van der Waals surface area contributed by atoms with Gasteiger partial charge in [0.15, 0.2) is 5.82 Å². The highest BCUT2D eigenvalue weighted by Crippen LogP contribution is 2.48. The van der Waals surface area contributed by atoms with Gasteiger partial charge in [0.05, 0.1) is 35.0 Å². The van der Waals surface area contributed by atoms with Crippen molar-refractivity contribution in [2.75, 3.05) is 67.6 Å². The fourth-order valence-electron chi connectivity index (χ4n) is 5.80. The number of carbonyl (C=O) groups excluding carboxylic acids is 2. The number of piperazine rings is 1. The van der Waals surface area contributed by atoms with Crippen LogP contribution in [0.2, 0.25) is 10.0 Å². The number of rotatable bonds is 7. The second-order valence-electron chi connectivity index (χ2n) is 11.4. The Hall–Kier alpha value is -4.14. The van der Waals surface area contributed by atoms with E-state index in [1.807, 2.05) is 9.80 Å². The molecular weight excluding hydrogens is 643 g/mol. The van der Waals surface area contributed by atoms with Crippen LogP contribution < -0.4 is 15.1 Å². The van der Waals surface area contributed by atoms with Crippen molar-refractivity contribution in [2.45, 2.75) is 19.3 Å². The van der Waals surface area contributed by atoms with Crippen LogP contribution in [0.1, 0.15) is 25.1 Å². The highest BCUT2D eigenvalue weighted by Gasteiger charge is 2.58. The summed E-state index contributed by atoms with van der Waals surface area (Å²) >= 11 is 12.2. The van der Waals surface area contributed by atoms with Gasteiger partial charge in [-0.25, -0.2) is 13.8 Å². The maximum atomic E-state index is 14.2. The van der Waals surface area contributed by atoms with E-state index in [2.05, 4.69) is 20.3 Å². The number of ether oxygens (including phenoxy) is 1. The maximum Gasteiger partial charge on any atom is 0.296 e. The van der Waals surface area contributed by atoms with Crippen LogP contribution in [0.4, 0.5) is 26.4 Å². The third kappa shape index (κ3) is 5.69. The Labute approximate surface area is 272 Å². The van der Waals surface area contributed by atoms with Gasteiger partial charge in [0.1, 0.15) is 5.41 Å². The largest absolute Gasteiger partial charge is 0.378 e. The first-order valence-corrected chi connectivity index (χ1v) is 15.6. The van der Waals surface area contributed by atoms with Crippen molar-refractivity contribution in [3.63, 3.8) is 0 Å². The number of amides is 2. The van der Waals surface area contributed by atoms with E-state index in [1.165, 1.54) is 10.6 Å². The number of aromatic nitrogens is 5. The molecule has 4 heterocycles. The third-order valence-corrected chi connectivity index (χ3v) is 9.05. The number of carbonyl (C=O) groups is 2. The summed E-state index contributed by atoms with van der Waals surface area (Å²) in [5.74, 6) is -0.435. The number of fused-ring (bicyclic) bond motifs is 1. The van der Waals surface area contributed by atoms with Gasteiger partial charge in [-0.05, 0) is 43.2 Å². The minimum absolute atomic E-state index is 0.0310. The van der Waals surface area contributed by atoms with Gasteiger partial charge in [0.25, 0.3) is 6.43 Å². The molecule has 1 saturated carbocycles. The van der Waals surface area contributed by atoms with Crippen LogP contribution in [0.25, 0.3) is 17.0 Å². The van der Waals surface area contributed by atoms with Crippen molar-refractivity contribution in [1.29, 1.82) is 0 Å². The summed E-state index contributed by atoms with van der Waals surface area (Å²) in [7, 11) is 0. The number of nitrogens with zero attached hydrogens (tertiary/aromatic N) is 8. The summed E-state index contributed by atoms with van der Waals surface area (Å²) in [5, 5.41) is 3.51. The molecule has 1 aliphatic carbocycles. The van der Waals surface area contributed by atoms with Crippen LogP contribution >= 0.6 is 23.2 Å². The number of alkyl halides is 2. The normalized spacial score (nSPS) is 17.9. The van der Waals surface area contributed by atoms with E-state index in [0.717, 1.165) is 0 Å². The van der Waals surface area contributed by atoms with Gasteiger partial charge in [-0.3, -0.25) is 14.2 Å². The topological polar surface area (TPSA) is 122 Å². The molecule has 0 atom stereocenters. The Kier molecular flexibility index (Phi) is 8.11. The van der Waals surface area contributed by atoms with Crippen molar-refractivity contribution in [3.8, 4) is 5.95 Å². The zero-order valence-corrected chi connectivity index (χ0v) is 26.0. The van der Waals surface area contributed by atoms with Crippen molar-refractivity contribution < 1.29 is 23.1 Å². The average Bonchev–Trinajstić information content (AvgIpc) is 3.80. The van der Waals surface area contributed by atoms with E-state index in [1.54, 1.807) is 41.3 Å². The van der Waals surface area contributed by atoms with Crippen LogP contribution in [0, 0.1) is 5.41 Å². The van der Waals surface area contributed by atoms with Crippen molar-refractivity contribution in [2.24, 2.45) is 5.41 Å². The summed E-state index contributed by atoms with van der Waals surface area (Å²) in [4.78, 5) is 50.6. The number of nitrogens with one attached hydrogen (secondary N) is 1. The van der Waals surface area contributed by atoms with E-state index in [9.17, 15) is 18.4 Å². The molecule has 2 amide bonds. The third-order valence-electron chi connectivity index (χ3n) is 8.50. The molecule has 0 radical (unpaired) electrons. The van der Waals surface area contributed by atoms with Crippen LogP contribution in [-0.2, 0) is 14.3 Å². The zero-order valence-electron chi connectivity index (χ0n) is 24.5. The van der Waals surface area contributed by atoms with Crippen LogP contribution in [-0.4, -0.2) is 93.7 Å². The second kappa shape index (κ2) is 12.2. The molecular formula is C30H29Cl2F2N9O3. The van der Waals surface area contributed by atoms with Crippen LogP contribution in [0.5, 0.6) is 0 Å². The molecule has 1 N–H and O–H groups in total. The number of morpholine rings is 1. The number of halogens is 4. The Bertz CT molecular complexity index is 1810. The number of benzene rings is 2. The molecule has 3 fully saturated rings. The minimum atomic E-state index is -2.86. The molecule has 2 aliphatic heterocycles. The van der Waals surface area contributed by atoms with Crippen molar-refractivity contribution in [1.82, 2.24) is 29.4 Å². The molecule has 0 spiro atoms. The number of anilines is 3. The smallest absolute Gasteiger partial charge is 0.296 e. The molecule has 12 nitrogen and oxygen atoms in total. The van der Waals surface area contributed by atoms with Gasteiger partial charge in [0, 0.05) is 44.3 Å². The summed E-state index contributed by atoms with van der Waals surface area (Å²) < 4.78 is 35.2. The predicted octanol–water partition coefficient (Wildman–Crippen LogP) is 4.36. The SMILES string of the molecule is O=C(Nc1ccc(Cl)cc1Cl)C1(C(=O)N2CCN(c3nc(N4CCOCC4)nc(-n4c(C(F)F)nc5ccccc54)n3)CC2)CC1. The predicted molar refractivity (Wildman–Crippen MR) is 168 cm³/mol. The number of hydrogen-bond donors (Lipinski definition) is 1. The molecule has 0 unspecified atom stereocenters. The molecule has 2 saturated heterocycles. The first-order chi connectivity index (χ1) is 22.2. The average molecular weight is 673 g/mol. The van der Waals surface area contributed by atoms with Gasteiger partial charge in [0.2, 0.25) is 29.7 Å². The lowest BCUT2D eigenvalue weighted by molar-refractivity contribution is -0.142. The molecule has 2 aromatic heterocycles. The monoisotopic (exact) mass is 671 g/mol. The van der Waals surface area contributed by atoms with Gasteiger partial charge in [-0.1, -0.05) is 35.3 Å². The highest BCUT2D eigenvalue weighted by molar-refractivity contribution is 6.36. The first kappa shape index (κ1) is 30.5. The fourth-order valence-corrected chi connectivity index (χ4v) is 6.25. The van der Waals surface area contributed by atoms with E-state index < -0.39 is 23.6 Å². The summed E-state index contributed by atoms with van der Waals surface area (Å²) in [5.41, 5.74) is 0.0908. The number of hydrogen-bond acceptors (Lipinski definition) is 9. The van der Waals surface area contributed by atoms with E-state index in [-0.39, 0.29) is 16.9 Å². The Morgan fingerprint density at radius 3 is 2.15 bits per heavy atom. The second-order valence-corrected chi connectivity index (χ2v) is 12.2. The molecule has 46 heavy (non-hydrogen) atoms. The molecule has 240 valence electrons. The summed E-state index contributed by atoms with van der Waals surface area (Å²) in [6.07, 6.45) is -1.99. The standard InChI is InChI=1S/C30H29Cl2F2N9O3/c31-18-5-6-20(19(32)17-18)36-25(44)30(7-8-30)26(45)40-9-11-41(12-10-40)27-37-28(42-13-15-46-16-14-42)39-29(38-27)43-22-4-2-1-3-21(22)35-24(43)23(33)34/h1-6,17,23H,7-16H2,(H,36,44). The zero-order chi connectivity index (χ0) is 32.0. The molecule has 16 heteroatoms. The molecule has 7 rings (SSSR count). The van der Waals surface area contributed by atoms with Gasteiger partial charge in [-0.15, -0.1) is 0 Å². The number of para-hydroxylation sites is 2. The van der Waals surface area contributed by atoms with Crippen LogP contribution in [0.3, 0.4) is 0 Å². The quantitative estimate of drug-likeness (QED) is 0.286. The summed E-state index contributed by atoms with van der Waals surface area (Å²) in [6.45, 7) is 3.39. The van der Waals surface area contributed by atoms with Crippen molar-refractivity contribution in [3.05, 3.63) is 58.3 Å². The Balaban J connectivity index is 1.13. The lowest BCUT2D eigenvalue weighted by atomic mass is 10.0.